The Hall–Kier alpha value is -0.730. The van der Waals surface area contributed by atoms with Crippen LogP contribution in [-0.2, 0) is 4.74 Å². The summed E-state index contributed by atoms with van der Waals surface area (Å²) in [7, 11) is 1.43. The Labute approximate surface area is 67.3 Å². The van der Waals surface area contributed by atoms with E-state index < -0.39 is 0 Å². The molecule has 0 unspecified atom stereocenters. The molecule has 1 heterocycles. The van der Waals surface area contributed by atoms with Crippen LogP contribution >= 0.6 is 0 Å². The number of ether oxygens (including phenoxy) is 1. The fourth-order valence-corrected chi connectivity index (χ4v) is 1.49. The maximum absolute atomic E-state index is 11.1. The number of hydrogen-bond acceptors (Lipinski definition) is 2. The summed E-state index contributed by atoms with van der Waals surface area (Å²) >= 11 is 0. The molecule has 0 aromatic rings. The second-order valence-corrected chi connectivity index (χ2v) is 3.01. The van der Waals surface area contributed by atoms with Gasteiger partial charge in [-0.15, -0.1) is 0 Å². The molecule has 3 nitrogen and oxygen atoms in total. The van der Waals surface area contributed by atoms with Crippen molar-refractivity contribution in [1.82, 2.24) is 4.90 Å². The molecule has 0 aliphatic carbocycles. The van der Waals surface area contributed by atoms with Crippen LogP contribution in [0.2, 0.25) is 0 Å². The third-order valence-electron chi connectivity index (χ3n) is 2.21. The molecule has 1 aliphatic heterocycles. The van der Waals surface area contributed by atoms with E-state index in [2.05, 4.69) is 11.7 Å². The van der Waals surface area contributed by atoms with E-state index in [1.807, 2.05) is 0 Å². The zero-order valence-electron chi connectivity index (χ0n) is 7.17. The lowest BCUT2D eigenvalue weighted by molar-refractivity contribution is 0.0945. The van der Waals surface area contributed by atoms with Crippen molar-refractivity contribution in [2.45, 2.75) is 32.2 Å². The third kappa shape index (κ3) is 1.85. The highest BCUT2D eigenvalue weighted by Crippen LogP contribution is 2.16. The first-order valence-electron chi connectivity index (χ1n) is 4.10. The Kier molecular flexibility index (Phi) is 2.74. The molecule has 0 aromatic carbocycles. The molecular weight excluding hydrogens is 142 g/mol. The van der Waals surface area contributed by atoms with Crippen molar-refractivity contribution in [3.05, 3.63) is 0 Å². The Morgan fingerprint density at radius 1 is 1.55 bits per heavy atom. The largest absolute Gasteiger partial charge is 0.453 e. The molecule has 1 amide bonds. The number of carbonyl (C=O) groups excluding carboxylic acids is 1. The molecule has 0 radical (unpaired) electrons. The van der Waals surface area contributed by atoms with Gasteiger partial charge in [-0.3, -0.25) is 0 Å². The highest BCUT2D eigenvalue weighted by Gasteiger charge is 2.23. The molecule has 64 valence electrons. The predicted octanol–water partition coefficient (Wildman–Crippen LogP) is 1.63. The highest BCUT2D eigenvalue weighted by molar-refractivity contribution is 5.67. The molecule has 3 heteroatoms. The molecule has 0 N–H and O–H groups in total. The summed E-state index contributed by atoms with van der Waals surface area (Å²) in [5.74, 6) is 0. The maximum Gasteiger partial charge on any atom is 0.409 e. The summed E-state index contributed by atoms with van der Waals surface area (Å²) in [6.07, 6.45) is 3.26. The van der Waals surface area contributed by atoms with E-state index in [-0.39, 0.29) is 6.09 Å². The minimum absolute atomic E-state index is 0.183. The fraction of sp³-hybridized carbons (Fsp3) is 0.875. The minimum Gasteiger partial charge on any atom is -0.453 e. The van der Waals surface area contributed by atoms with Crippen LogP contribution in [0.1, 0.15) is 26.2 Å². The van der Waals surface area contributed by atoms with Crippen LogP contribution in [0.15, 0.2) is 0 Å². The topological polar surface area (TPSA) is 29.5 Å². The van der Waals surface area contributed by atoms with Crippen LogP contribution in [0.25, 0.3) is 0 Å². The fourth-order valence-electron chi connectivity index (χ4n) is 1.49. The Balaban J connectivity index is 2.47. The normalized spacial score (nSPS) is 24.9. The Bertz CT molecular complexity index is 147. The van der Waals surface area contributed by atoms with Gasteiger partial charge in [-0.25, -0.2) is 4.79 Å². The van der Waals surface area contributed by atoms with Crippen LogP contribution < -0.4 is 0 Å². The van der Waals surface area contributed by atoms with Crippen molar-refractivity contribution in [2.75, 3.05) is 13.7 Å². The molecule has 1 saturated heterocycles. The predicted molar refractivity (Wildman–Crippen MR) is 42.4 cm³/mol. The summed E-state index contributed by atoms with van der Waals surface area (Å²) in [5.41, 5.74) is 0. The second kappa shape index (κ2) is 3.60. The summed E-state index contributed by atoms with van der Waals surface area (Å²) in [5, 5.41) is 0. The van der Waals surface area contributed by atoms with Crippen molar-refractivity contribution in [3.63, 3.8) is 0 Å². The van der Waals surface area contributed by atoms with E-state index in [1.165, 1.54) is 13.5 Å². The zero-order chi connectivity index (χ0) is 8.27. The van der Waals surface area contributed by atoms with Gasteiger partial charge in [-0.2, -0.15) is 0 Å². The number of piperidine rings is 1. The molecule has 0 saturated carbocycles. The molecule has 0 aromatic heterocycles. The van der Waals surface area contributed by atoms with E-state index >= 15 is 0 Å². The molecule has 1 aliphatic rings. The van der Waals surface area contributed by atoms with Crippen LogP contribution in [-0.4, -0.2) is 30.7 Å². The second-order valence-electron chi connectivity index (χ2n) is 3.01. The van der Waals surface area contributed by atoms with Crippen LogP contribution in [0, 0.1) is 0 Å². The van der Waals surface area contributed by atoms with Gasteiger partial charge in [0.2, 0.25) is 0 Å². The van der Waals surface area contributed by atoms with Crippen LogP contribution in [0.5, 0.6) is 0 Å². The molecule has 11 heavy (non-hydrogen) atoms. The molecule has 0 spiro atoms. The average Bonchev–Trinajstić information content (AvgIpc) is 2.04. The first-order chi connectivity index (χ1) is 5.25. The number of hydrogen-bond donors (Lipinski definition) is 0. The van der Waals surface area contributed by atoms with E-state index in [4.69, 9.17) is 0 Å². The number of rotatable bonds is 0. The molecule has 1 rings (SSSR count). The standard InChI is InChI=1S/C8H15NO2/c1-7-5-3-4-6-9(7)8(10)11-2/h7H,3-6H2,1-2H3/t7-/m1/s1. The minimum atomic E-state index is -0.183. The molecular formula is C8H15NO2. The van der Waals surface area contributed by atoms with Crippen molar-refractivity contribution < 1.29 is 9.53 Å². The van der Waals surface area contributed by atoms with E-state index in [9.17, 15) is 4.79 Å². The smallest absolute Gasteiger partial charge is 0.409 e. The summed E-state index contributed by atoms with van der Waals surface area (Å²) in [6.45, 7) is 2.92. The average molecular weight is 157 g/mol. The van der Waals surface area contributed by atoms with Gasteiger partial charge >= 0.3 is 6.09 Å². The van der Waals surface area contributed by atoms with E-state index in [1.54, 1.807) is 4.90 Å². The molecule has 1 fully saturated rings. The number of amides is 1. The van der Waals surface area contributed by atoms with Crippen molar-refractivity contribution >= 4 is 6.09 Å². The zero-order valence-corrected chi connectivity index (χ0v) is 7.17. The number of carbonyl (C=O) groups is 1. The SMILES string of the molecule is COC(=O)N1CCCC[C@H]1C. The van der Waals surface area contributed by atoms with Crippen LogP contribution in [0.3, 0.4) is 0 Å². The van der Waals surface area contributed by atoms with Gasteiger partial charge in [-0.1, -0.05) is 0 Å². The van der Waals surface area contributed by atoms with E-state index in [0.717, 1.165) is 19.4 Å². The third-order valence-corrected chi connectivity index (χ3v) is 2.21. The lowest BCUT2D eigenvalue weighted by Crippen LogP contribution is -2.41. The van der Waals surface area contributed by atoms with Gasteiger partial charge in [0.25, 0.3) is 0 Å². The van der Waals surface area contributed by atoms with Gasteiger partial charge in [0.05, 0.1) is 7.11 Å². The first-order valence-corrected chi connectivity index (χ1v) is 4.10. The monoisotopic (exact) mass is 157 g/mol. The van der Waals surface area contributed by atoms with Crippen molar-refractivity contribution in [1.29, 1.82) is 0 Å². The quantitative estimate of drug-likeness (QED) is 0.535. The van der Waals surface area contributed by atoms with Gasteiger partial charge in [0, 0.05) is 12.6 Å². The highest BCUT2D eigenvalue weighted by atomic mass is 16.5. The molecule has 0 bridgehead atoms. The number of methoxy groups -OCH3 is 1. The van der Waals surface area contributed by atoms with Crippen LogP contribution in [0.4, 0.5) is 4.79 Å². The van der Waals surface area contributed by atoms with Crippen molar-refractivity contribution in [3.8, 4) is 0 Å². The molecule has 1 atom stereocenters. The van der Waals surface area contributed by atoms with Crippen molar-refractivity contribution in [2.24, 2.45) is 0 Å². The summed E-state index contributed by atoms with van der Waals surface area (Å²) in [6, 6.07) is 0.358. The lowest BCUT2D eigenvalue weighted by atomic mass is 10.0. The Morgan fingerprint density at radius 3 is 2.82 bits per heavy atom. The summed E-state index contributed by atoms with van der Waals surface area (Å²) in [4.78, 5) is 12.9. The lowest BCUT2D eigenvalue weighted by Gasteiger charge is -2.31. The Morgan fingerprint density at radius 2 is 2.27 bits per heavy atom. The van der Waals surface area contributed by atoms with Gasteiger partial charge in [0.1, 0.15) is 0 Å². The van der Waals surface area contributed by atoms with E-state index in [0.29, 0.717) is 6.04 Å². The van der Waals surface area contributed by atoms with Gasteiger partial charge in [-0.05, 0) is 26.2 Å². The number of likely N-dealkylation sites (tertiary alicyclic amines) is 1. The van der Waals surface area contributed by atoms with Gasteiger partial charge < -0.3 is 9.64 Å². The first kappa shape index (κ1) is 8.37. The summed E-state index contributed by atoms with van der Waals surface area (Å²) < 4.78 is 4.65. The maximum atomic E-state index is 11.1. The van der Waals surface area contributed by atoms with Gasteiger partial charge in [0.15, 0.2) is 0 Å². The number of nitrogens with zero attached hydrogens (tertiary/aromatic N) is 1.